The molecule has 1 fully saturated rings. The molecular formula is C12H15N3O2. The van der Waals surface area contributed by atoms with Gasteiger partial charge in [-0.15, -0.1) is 0 Å². The van der Waals surface area contributed by atoms with Crippen molar-refractivity contribution in [2.75, 3.05) is 5.32 Å². The predicted molar refractivity (Wildman–Crippen MR) is 64.2 cm³/mol. The van der Waals surface area contributed by atoms with Crippen LogP contribution in [0.4, 0.5) is 5.69 Å². The lowest BCUT2D eigenvalue weighted by Gasteiger charge is -2.13. The molecule has 1 unspecified atom stereocenters. The van der Waals surface area contributed by atoms with Gasteiger partial charge in [0.2, 0.25) is 11.8 Å². The first kappa shape index (κ1) is 11.6. The zero-order chi connectivity index (χ0) is 12.4. The highest BCUT2D eigenvalue weighted by atomic mass is 16.2. The van der Waals surface area contributed by atoms with E-state index in [1.165, 1.54) is 0 Å². The van der Waals surface area contributed by atoms with Crippen molar-refractivity contribution in [2.45, 2.75) is 26.3 Å². The van der Waals surface area contributed by atoms with Crippen LogP contribution < -0.4 is 16.2 Å². The molecule has 0 bridgehead atoms. The number of carbonyl (C=O) groups excluding carboxylic acids is 2. The number of hydrogen-bond donors (Lipinski definition) is 3. The van der Waals surface area contributed by atoms with Crippen molar-refractivity contribution in [1.29, 1.82) is 0 Å². The first-order valence-electron chi connectivity index (χ1n) is 5.49. The van der Waals surface area contributed by atoms with E-state index in [1.807, 2.05) is 32.0 Å². The van der Waals surface area contributed by atoms with Gasteiger partial charge in [-0.05, 0) is 31.0 Å². The van der Waals surface area contributed by atoms with E-state index in [0.29, 0.717) is 0 Å². The van der Waals surface area contributed by atoms with E-state index in [9.17, 15) is 9.59 Å². The zero-order valence-corrected chi connectivity index (χ0v) is 9.83. The fourth-order valence-corrected chi connectivity index (χ4v) is 1.72. The van der Waals surface area contributed by atoms with Crippen LogP contribution in [0, 0.1) is 13.8 Å². The molecule has 0 aliphatic carbocycles. The average Bonchev–Trinajstić information content (AvgIpc) is 2.72. The quantitative estimate of drug-likeness (QED) is 0.702. The van der Waals surface area contributed by atoms with E-state index in [2.05, 4.69) is 16.2 Å². The minimum Gasteiger partial charge on any atom is -0.324 e. The third-order valence-corrected chi connectivity index (χ3v) is 2.95. The Kier molecular flexibility index (Phi) is 3.10. The molecule has 0 saturated carbocycles. The molecule has 0 radical (unpaired) electrons. The summed E-state index contributed by atoms with van der Waals surface area (Å²) in [6.45, 7) is 3.94. The van der Waals surface area contributed by atoms with Crippen LogP contribution in [0.2, 0.25) is 0 Å². The lowest BCUT2D eigenvalue weighted by molar-refractivity contribution is -0.121. The second-order valence-electron chi connectivity index (χ2n) is 4.19. The Labute approximate surface area is 99.6 Å². The molecule has 1 aromatic rings. The van der Waals surface area contributed by atoms with Gasteiger partial charge in [-0.25, -0.2) is 5.43 Å². The van der Waals surface area contributed by atoms with Gasteiger partial charge in [0.05, 0.1) is 6.42 Å². The monoisotopic (exact) mass is 233 g/mol. The van der Waals surface area contributed by atoms with Crippen molar-refractivity contribution in [3.05, 3.63) is 29.3 Å². The van der Waals surface area contributed by atoms with E-state index >= 15 is 0 Å². The normalized spacial score (nSPS) is 18.9. The number of anilines is 1. The SMILES string of the molecule is Cc1cccc(NC(=O)C2CC(=O)NN2)c1C. The summed E-state index contributed by atoms with van der Waals surface area (Å²) in [5, 5.41) is 2.82. The fourth-order valence-electron chi connectivity index (χ4n) is 1.72. The van der Waals surface area contributed by atoms with Gasteiger partial charge in [0.25, 0.3) is 0 Å². The largest absolute Gasteiger partial charge is 0.324 e. The number of nitrogens with one attached hydrogen (secondary N) is 3. The summed E-state index contributed by atoms with van der Waals surface area (Å²) < 4.78 is 0. The van der Waals surface area contributed by atoms with Gasteiger partial charge in [0.15, 0.2) is 0 Å². The zero-order valence-electron chi connectivity index (χ0n) is 9.83. The summed E-state index contributed by atoms with van der Waals surface area (Å²) in [5.41, 5.74) is 8.01. The number of hydrogen-bond acceptors (Lipinski definition) is 3. The highest BCUT2D eigenvalue weighted by Gasteiger charge is 2.27. The van der Waals surface area contributed by atoms with Crippen LogP contribution in [0.5, 0.6) is 0 Å². The minimum atomic E-state index is -0.498. The average molecular weight is 233 g/mol. The van der Waals surface area contributed by atoms with E-state index in [1.54, 1.807) is 0 Å². The van der Waals surface area contributed by atoms with Crippen LogP contribution in [0.15, 0.2) is 18.2 Å². The Bertz CT molecular complexity index is 471. The second-order valence-corrected chi connectivity index (χ2v) is 4.19. The van der Waals surface area contributed by atoms with Crippen LogP contribution in [0.1, 0.15) is 17.5 Å². The van der Waals surface area contributed by atoms with Crippen molar-refractivity contribution >= 4 is 17.5 Å². The van der Waals surface area contributed by atoms with Crippen molar-refractivity contribution in [3.8, 4) is 0 Å². The maximum absolute atomic E-state index is 11.9. The molecule has 2 rings (SSSR count). The van der Waals surface area contributed by atoms with Crippen molar-refractivity contribution in [3.63, 3.8) is 0 Å². The number of hydrazine groups is 1. The van der Waals surface area contributed by atoms with Gasteiger partial charge in [-0.2, -0.15) is 0 Å². The Morgan fingerprint density at radius 1 is 1.41 bits per heavy atom. The second kappa shape index (κ2) is 4.55. The Hall–Kier alpha value is -1.88. The molecule has 1 saturated heterocycles. The Balaban J connectivity index is 2.08. The summed E-state index contributed by atoms with van der Waals surface area (Å²) in [6.07, 6.45) is 0.177. The lowest BCUT2D eigenvalue weighted by Crippen LogP contribution is -2.39. The van der Waals surface area contributed by atoms with Crippen LogP contribution >= 0.6 is 0 Å². The van der Waals surface area contributed by atoms with Gasteiger partial charge in [0.1, 0.15) is 6.04 Å². The Morgan fingerprint density at radius 3 is 2.82 bits per heavy atom. The van der Waals surface area contributed by atoms with Crippen LogP contribution in [-0.2, 0) is 9.59 Å². The van der Waals surface area contributed by atoms with Crippen molar-refractivity contribution in [2.24, 2.45) is 0 Å². The molecule has 1 heterocycles. The molecule has 1 aliphatic rings. The molecule has 2 amide bonds. The van der Waals surface area contributed by atoms with E-state index in [0.717, 1.165) is 16.8 Å². The number of carbonyl (C=O) groups is 2. The third-order valence-electron chi connectivity index (χ3n) is 2.95. The van der Waals surface area contributed by atoms with Gasteiger partial charge < -0.3 is 5.32 Å². The minimum absolute atomic E-state index is 0.161. The lowest BCUT2D eigenvalue weighted by atomic mass is 10.1. The third kappa shape index (κ3) is 2.45. The van der Waals surface area contributed by atoms with Gasteiger partial charge in [-0.3, -0.25) is 15.0 Å². The van der Waals surface area contributed by atoms with Crippen LogP contribution in [0.25, 0.3) is 0 Å². The topological polar surface area (TPSA) is 70.2 Å². The molecule has 3 N–H and O–H groups in total. The molecule has 5 heteroatoms. The Morgan fingerprint density at radius 2 is 2.18 bits per heavy atom. The van der Waals surface area contributed by atoms with E-state index < -0.39 is 6.04 Å². The predicted octanol–water partition coefficient (Wildman–Crippen LogP) is 0.635. The molecule has 1 atom stereocenters. The van der Waals surface area contributed by atoms with Crippen molar-refractivity contribution in [1.82, 2.24) is 10.9 Å². The highest BCUT2D eigenvalue weighted by Crippen LogP contribution is 2.18. The first-order chi connectivity index (χ1) is 8.08. The summed E-state index contributed by atoms with van der Waals surface area (Å²) in [7, 11) is 0. The maximum Gasteiger partial charge on any atom is 0.243 e. The number of rotatable bonds is 2. The maximum atomic E-state index is 11.9. The van der Waals surface area contributed by atoms with E-state index in [4.69, 9.17) is 0 Å². The number of aryl methyl sites for hydroxylation is 1. The molecular weight excluding hydrogens is 218 g/mol. The standard InChI is InChI=1S/C12H15N3O2/c1-7-4-3-5-9(8(7)2)13-12(17)10-6-11(16)15-14-10/h3-5,10,14H,6H2,1-2H3,(H,13,17)(H,15,16). The first-order valence-corrected chi connectivity index (χ1v) is 5.49. The van der Waals surface area contributed by atoms with Gasteiger partial charge in [-0.1, -0.05) is 12.1 Å². The van der Waals surface area contributed by atoms with Gasteiger partial charge >= 0.3 is 0 Å². The van der Waals surface area contributed by atoms with Crippen molar-refractivity contribution < 1.29 is 9.59 Å². The van der Waals surface area contributed by atoms with Gasteiger partial charge in [0, 0.05) is 5.69 Å². The molecule has 90 valence electrons. The fraction of sp³-hybridized carbons (Fsp3) is 0.333. The highest BCUT2D eigenvalue weighted by molar-refractivity contribution is 5.99. The molecule has 0 spiro atoms. The van der Waals surface area contributed by atoms with Crippen LogP contribution in [-0.4, -0.2) is 17.9 Å². The van der Waals surface area contributed by atoms with E-state index in [-0.39, 0.29) is 18.2 Å². The summed E-state index contributed by atoms with van der Waals surface area (Å²) in [6, 6.07) is 5.24. The molecule has 17 heavy (non-hydrogen) atoms. The summed E-state index contributed by atoms with van der Waals surface area (Å²) in [5.74, 6) is -0.358. The molecule has 0 aromatic heterocycles. The molecule has 1 aromatic carbocycles. The molecule has 1 aliphatic heterocycles. The number of benzene rings is 1. The van der Waals surface area contributed by atoms with Crippen LogP contribution in [0.3, 0.4) is 0 Å². The summed E-state index contributed by atoms with van der Waals surface area (Å²) >= 11 is 0. The molecule has 5 nitrogen and oxygen atoms in total. The number of amides is 2. The summed E-state index contributed by atoms with van der Waals surface area (Å²) in [4.78, 5) is 22.8. The smallest absolute Gasteiger partial charge is 0.243 e.